The van der Waals surface area contributed by atoms with E-state index in [1.165, 1.54) is 0 Å². The van der Waals surface area contributed by atoms with E-state index >= 15 is 0 Å². The normalized spacial score (nSPS) is 22.0. The van der Waals surface area contributed by atoms with Gasteiger partial charge in [0.1, 0.15) is 0 Å². The lowest BCUT2D eigenvalue weighted by atomic mass is 9.68. The van der Waals surface area contributed by atoms with E-state index in [-0.39, 0.29) is 23.5 Å². The Bertz CT molecular complexity index is 355. The van der Waals surface area contributed by atoms with Crippen LogP contribution in [0.5, 0.6) is 0 Å². The third-order valence-corrected chi connectivity index (χ3v) is 4.54. The van der Waals surface area contributed by atoms with Crippen LogP contribution in [-0.2, 0) is 9.53 Å². The van der Waals surface area contributed by atoms with Gasteiger partial charge >= 0.3 is 6.09 Å². The van der Waals surface area contributed by atoms with Gasteiger partial charge in [-0.25, -0.2) is 4.79 Å². The molecule has 114 valence electrons. The average Bonchev–Trinajstić information content (AvgIpc) is 2.39. The van der Waals surface area contributed by atoms with Crippen LogP contribution < -0.4 is 11.1 Å². The van der Waals surface area contributed by atoms with E-state index in [2.05, 4.69) is 5.32 Å². The second kappa shape index (κ2) is 6.43. The van der Waals surface area contributed by atoms with E-state index in [9.17, 15) is 9.59 Å². The molecule has 1 heterocycles. The molecule has 1 aliphatic heterocycles. The summed E-state index contributed by atoms with van der Waals surface area (Å²) in [6.07, 6.45) is 4.20. The summed E-state index contributed by atoms with van der Waals surface area (Å²) in [7, 11) is 0. The number of rotatable bonds is 4. The second-order valence-corrected chi connectivity index (χ2v) is 5.77. The van der Waals surface area contributed by atoms with E-state index in [0.717, 1.165) is 32.1 Å². The van der Waals surface area contributed by atoms with Crippen molar-refractivity contribution in [3.63, 3.8) is 0 Å². The van der Waals surface area contributed by atoms with E-state index in [1.54, 1.807) is 11.8 Å². The molecule has 1 aliphatic carbocycles. The lowest BCUT2D eigenvalue weighted by Crippen LogP contribution is -2.55. The van der Waals surface area contributed by atoms with Crippen LogP contribution in [0.4, 0.5) is 4.79 Å². The number of nitrogens with one attached hydrogen (secondary N) is 1. The highest BCUT2D eigenvalue weighted by molar-refractivity contribution is 5.84. The molecular weight excluding hydrogens is 258 g/mol. The molecule has 0 aromatic carbocycles. The van der Waals surface area contributed by atoms with Crippen LogP contribution in [0.15, 0.2) is 0 Å². The summed E-state index contributed by atoms with van der Waals surface area (Å²) in [5.74, 6) is 0.0980. The van der Waals surface area contributed by atoms with Gasteiger partial charge in [0.15, 0.2) is 0 Å². The van der Waals surface area contributed by atoms with Gasteiger partial charge in [0.25, 0.3) is 0 Å². The molecule has 2 fully saturated rings. The van der Waals surface area contributed by atoms with Crippen LogP contribution in [0.25, 0.3) is 0 Å². The number of nitrogens with two attached hydrogens (primary N) is 1. The number of carbonyl (C=O) groups excluding carboxylic acids is 2. The highest BCUT2D eigenvalue weighted by Crippen LogP contribution is 2.40. The molecule has 0 spiro atoms. The molecular formula is C14H25N3O3. The number of carbonyl (C=O) groups is 2. The molecule has 0 aromatic heterocycles. The number of hydrogen-bond donors (Lipinski definition) is 2. The van der Waals surface area contributed by atoms with Crippen molar-refractivity contribution in [1.82, 2.24) is 10.2 Å². The first-order chi connectivity index (χ1) is 9.61. The van der Waals surface area contributed by atoms with Gasteiger partial charge < -0.3 is 20.7 Å². The maximum atomic E-state index is 12.3. The maximum absolute atomic E-state index is 12.3. The Kier molecular flexibility index (Phi) is 4.86. The molecule has 0 unspecified atom stereocenters. The van der Waals surface area contributed by atoms with Gasteiger partial charge in [-0.15, -0.1) is 0 Å². The summed E-state index contributed by atoms with van der Waals surface area (Å²) in [4.78, 5) is 25.6. The molecule has 1 saturated carbocycles. The van der Waals surface area contributed by atoms with Crippen molar-refractivity contribution in [2.24, 2.45) is 11.1 Å². The lowest BCUT2D eigenvalue weighted by Gasteiger charge is -2.41. The Labute approximate surface area is 120 Å². The molecule has 20 heavy (non-hydrogen) atoms. The van der Waals surface area contributed by atoms with Gasteiger partial charge in [-0.2, -0.15) is 0 Å². The van der Waals surface area contributed by atoms with Crippen molar-refractivity contribution in [3.05, 3.63) is 0 Å². The third-order valence-electron chi connectivity index (χ3n) is 4.54. The van der Waals surface area contributed by atoms with Crippen molar-refractivity contribution >= 4 is 12.0 Å². The second-order valence-electron chi connectivity index (χ2n) is 5.77. The van der Waals surface area contributed by atoms with Crippen molar-refractivity contribution in [1.29, 1.82) is 0 Å². The Hall–Kier alpha value is -1.30. The minimum absolute atomic E-state index is 0.0980. The largest absolute Gasteiger partial charge is 0.450 e. The number of ether oxygens (including phenoxy) is 1. The SMILES string of the molecule is CCOC(=O)N1CCC(NC(=O)C2(CN)CCC2)CC1. The molecule has 2 rings (SSSR count). The van der Waals surface area contributed by atoms with Crippen molar-refractivity contribution in [2.45, 2.75) is 45.1 Å². The molecule has 0 atom stereocenters. The summed E-state index contributed by atoms with van der Waals surface area (Å²) in [5.41, 5.74) is 5.42. The zero-order valence-corrected chi connectivity index (χ0v) is 12.2. The van der Waals surface area contributed by atoms with E-state index in [1.807, 2.05) is 0 Å². The Morgan fingerprint density at radius 2 is 2.00 bits per heavy atom. The molecule has 3 N–H and O–H groups in total. The average molecular weight is 283 g/mol. The first kappa shape index (κ1) is 15.1. The molecule has 6 nitrogen and oxygen atoms in total. The number of likely N-dealkylation sites (tertiary alicyclic amines) is 1. The van der Waals surface area contributed by atoms with Crippen LogP contribution >= 0.6 is 0 Å². The van der Waals surface area contributed by atoms with E-state index < -0.39 is 0 Å². The van der Waals surface area contributed by atoms with Gasteiger partial charge in [-0.05, 0) is 32.6 Å². The van der Waals surface area contributed by atoms with Gasteiger partial charge in [0, 0.05) is 25.7 Å². The Morgan fingerprint density at radius 1 is 1.35 bits per heavy atom. The molecule has 6 heteroatoms. The van der Waals surface area contributed by atoms with Gasteiger partial charge in [0.05, 0.1) is 12.0 Å². The topological polar surface area (TPSA) is 84.7 Å². The van der Waals surface area contributed by atoms with E-state index in [4.69, 9.17) is 10.5 Å². The minimum Gasteiger partial charge on any atom is -0.450 e. The van der Waals surface area contributed by atoms with Crippen molar-refractivity contribution in [2.75, 3.05) is 26.2 Å². The van der Waals surface area contributed by atoms with Crippen LogP contribution in [0.2, 0.25) is 0 Å². The molecule has 1 saturated heterocycles. The van der Waals surface area contributed by atoms with Crippen LogP contribution in [0, 0.1) is 5.41 Å². The van der Waals surface area contributed by atoms with Crippen molar-refractivity contribution in [3.8, 4) is 0 Å². The highest BCUT2D eigenvalue weighted by Gasteiger charge is 2.43. The smallest absolute Gasteiger partial charge is 0.409 e. The number of hydrogen-bond acceptors (Lipinski definition) is 4. The zero-order chi connectivity index (χ0) is 14.6. The first-order valence-corrected chi connectivity index (χ1v) is 7.54. The fourth-order valence-corrected chi connectivity index (χ4v) is 2.89. The highest BCUT2D eigenvalue weighted by atomic mass is 16.6. The molecule has 0 bridgehead atoms. The summed E-state index contributed by atoms with van der Waals surface area (Å²) < 4.78 is 4.98. The Morgan fingerprint density at radius 3 is 2.45 bits per heavy atom. The Balaban J connectivity index is 1.77. The fourth-order valence-electron chi connectivity index (χ4n) is 2.89. The molecule has 0 aromatic rings. The monoisotopic (exact) mass is 283 g/mol. The first-order valence-electron chi connectivity index (χ1n) is 7.54. The van der Waals surface area contributed by atoms with Crippen LogP contribution in [-0.4, -0.2) is 49.2 Å². The fraction of sp³-hybridized carbons (Fsp3) is 0.857. The minimum atomic E-state index is -0.321. The predicted octanol–water partition coefficient (Wildman–Crippen LogP) is 0.853. The number of piperidine rings is 1. The summed E-state index contributed by atoms with van der Waals surface area (Å²) in [6.45, 7) is 3.91. The standard InChI is InChI=1S/C14H25N3O3/c1-2-20-13(19)17-8-4-11(5-9-17)16-12(18)14(10-15)6-3-7-14/h11H,2-10,15H2,1H3,(H,16,18). The number of nitrogens with zero attached hydrogens (tertiary/aromatic N) is 1. The summed E-state index contributed by atoms with van der Waals surface area (Å²) in [5, 5.41) is 3.11. The summed E-state index contributed by atoms with van der Waals surface area (Å²) >= 11 is 0. The zero-order valence-electron chi connectivity index (χ0n) is 12.2. The van der Waals surface area contributed by atoms with E-state index in [0.29, 0.717) is 26.2 Å². The molecule has 2 amide bonds. The predicted molar refractivity (Wildman–Crippen MR) is 75.1 cm³/mol. The van der Waals surface area contributed by atoms with Crippen LogP contribution in [0.1, 0.15) is 39.0 Å². The molecule has 0 radical (unpaired) electrons. The summed E-state index contributed by atoms with van der Waals surface area (Å²) in [6, 6.07) is 0.150. The molecule has 2 aliphatic rings. The van der Waals surface area contributed by atoms with Crippen molar-refractivity contribution < 1.29 is 14.3 Å². The number of amides is 2. The van der Waals surface area contributed by atoms with Gasteiger partial charge in [0.2, 0.25) is 5.91 Å². The maximum Gasteiger partial charge on any atom is 0.409 e. The third kappa shape index (κ3) is 3.06. The quantitative estimate of drug-likeness (QED) is 0.801. The van der Waals surface area contributed by atoms with Gasteiger partial charge in [-0.3, -0.25) is 4.79 Å². The lowest BCUT2D eigenvalue weighted by molar-refractivity contribution is -0.136. The van der Waals surface area contributed by atoms with Crippen LogP contribution in [0.3, 0.4) is 0 Å². The van der Waals surface area contributed by atoms with Gasteiger partial charge in [-0.1, -0.05) is 6.42 Å².